The number of piperidine rings is 3. The highest BCUT2D eigenvalue weighted by molar-refractivity contribution is 5.99. The van der Waals surface area contributed by atoms with E-state index in [0.717, 1.165) is 99.9 Å². The Kier molecular flexibility index (Phi) is 7.03. The molecule has 7 heteroatoms. The molecule has 0 amide bonds. The molecular formula is C43H55N3O4. The Balaban J connectivity index is 1.22. The summed E-state index contributed by atoms with van der Waals surface area (Å²) in [4.78, 5) is 35.0. The van der Waals surface area contributed by atoms with Crippen molar-refractivity contribution in [2.75, 3.05) is 26.2 Å². The Bertz CT molecular complexity index is 1750. The molecule has 12 unspecified atom stereocenters. The van der Waals surface area contributed by atoms with E-state index in [0.29, 0.717) is 42.3 Å². The minimum absolute atomic E-state index is 0.112. The number of carbonyl (C=O) groups is 2. The monoisotopic (exact) mass is 677 g/mol. The molecule has 266 valence electrons. The second kappa shape index (κ2) is 11.1. The van der Waals surface area contributed by atoms with Crippen molar-refractivity contribution in [2.45, 2.75) is 109 Å². The molecule has 4 saturated heterocycles. The summed E-state index contributed by atoms with van der Waals surface area (Å²) >= 11 is 0. The van der Waals surface area contributed by atoms with E-state index in [-0.39, 0.29) is 23.8 Å². The zero-order valence-electron chi connectivity index (χ0n) is 30.3. The summed E-state index contributed by atoms with van der Waals surface area (Å²) in [6.07, 6.45) is 18.2. The molecule has 1 aromatic rings. The third kappa shape index (κ3) is 3.79. The molecule has 7 nitrogen and oxygen atoms in total. The number of carbonyl (C=O) groups excluding carboxylic acids is 2. The van der Waals surface area contributed by atoms with E-state index in [1.54, 1.807) is 0 Å². The van der Waals surface area contributed by atoms with Gasteiger partial charge in [-0.05, 0) is 113 Å². The summed E-state index contributed by atoms with van der Waals surface area (Å²) in [5.74, 6) is 2.88. The van der Waals surface area contributed by atoms with Gasteiger partial charge in [0.25, 0.3) is 0 Å². The van der Waals surface area contributed by atoms with Crippen LogP contribution in [0, 0.1) is 46.3 Å². The number of aryl methyl sites for hydroxylation is 1. The number of fused-ring (bicyclic) bond motifs is 2. The number of allylic oxidation sites excluding steroid dienone is 2. The van der Waals surface area contributed by atoms with Crippen LogP contribution in [0.2, 0.25) is 0 Å². The maximum absolute atomic E-state index is 15.0. The van der Waals surface area contributed by atoms with Gasteiger partial charge in [0.2, 0.25) is 0 Å². The van der Waals surface area contributed by atoms with Crippen LogP contribution in [0.15, 0.2) is 53.5 Å². The lowest BCUT2D eigenvalue weighted by Gasteiger charge is -2.69. The lowest BCUT2D eigenvalue weighted by Crippen LogP contribution is -2.75. The summed E-state index contributed by atoms with van der Waals surface area (Å²) in [5, 5.41) is 0. The van der Waals surface area contributed by atoms with E-state index >= 15 is 4.79 Å². The SMILES string of the molecule is CCCC1C23C=C4CCC2(C(=CC2CCC5C6CC(CN(C6)C6=CCC(C)CC46)CN5C2C)OC3=O)C12OC(=O)c1c(CCCN)cccc12. The maximum Gasteiger partial charge on any atom is 0.339 e. The van der Waals surface area contributed by atoms with Gasteiger partial charge in [-0.15, -0.1) is 0 Å². The van der Waals surface area contributed by atoms with Gasteiger partial charge in [0.15, 0.2) is 5.60 Å². The predicted molar refractivity (Wildman–Crippen MR) is 191 cm³/mol. The fourth-order valence-electron chi connectivity index (χ4n) is 13.7. The van der Waals surface area contributed by atoms with Crippen LogP contribution < -0.4 is 5.73 Å². The van der Waals surface area contributed by atoms with Crippen molar-refractivity contribution in [2.24, 2.45) is 52.1 Å². The lowest BCUT2D eigenvalue weighted by molar-refractivity contribution is -0.271. The zero-order valence-corrected chi connectivity index (χ0v) is 30.3. The molecule has 11 heterocycles. The molecule has 14 aliphatic rings. The van der Waals surface area contributed by atoms with Gasteiger partial charge in [-0.2, -0.15) is 0 Å². The van der Waals surface area contributed by atoms with Gasteiger partial charge in [-0.1, -0.05) is 56.2 Å². The number of esters is 2. The third-order valence-electron chi connectivity index (χ3n) is 15.6. The Hall–Kier alpha value is -2.90. The maximum atomic E-state index is 15.0. The van der Waals surface area contributed by atoms with E-state index in [4.69, 9.17) is 15.2 Å². The van der Waals surface area contributed by atoms with E-state index < -0.39 is 16.4 Å². The number of nitrogens with two attached hydrogens (primary N) is 1. The largest absolute Gasteiger partial charge is 0.449 e. The molecule has 0 radical (unpaired) electrons. The molecule has 10 bridgehead atoms. The molecule has 2 spiro atoms. The van der Waals surface area contributed by atoms with Crippen LogP contribution in [0.25, 0.3) is 0 Å². The summed E-state index contributed by atoms with van der Waals surface area (Å²) in [6, 6.07) is 7.30. The average molecular weight is 678 g/mol. The fourth-order valence-corrected chi connectivity index (χ4v) is 13.7. The van der Waals surface area contributed by atoms with Gasteiger partial charge < -0.3 is 20.1 Å². The minimum atomic E-state index is -0.928. The first kappa shape index (κ1) is 31.8. The predicted octanol–water partition coefficient (Wildman–Crippen LogP) is 6.87. The number of benzene rings is 1. The van der Waals surface area contributed by atoms with Gasteiger partial charge in [0.1, 0.15) is 11.2 Å². The molecule has 1 aromatic carbocycles. The van der Waals surface area contributed by atoms with Crippen LogP contribution in [0.1, 0.15) is 106 Å². The van der Waals surface area contributed by atoms with Crippen molar-refractivity contribution < 1.29 is 19.1 Å². The molecule has 15 rings (SSSR count). The topological polar surface area (TPSA) is 85.1 Å². The Labute approximate surface area is 297 Å². The standard InChI is InChI=1S/C43H55N3O4/c1-4-7-36-41-21-30-15-16-42(41,43(36)33-10-5-8-28(9-6-17-44)38(33)39(47)50-43)37(49-40(41)48)20-29-12-14-34-31-19-27(23-46(34)26(29)3)22-45(24-31)35-13-11-25(2)18-32(30)35/h5,8,10,13,20-21,25-27,29,31-32,34,36H,4,6-7,9,11-12,14-19,22-24,44H2,1-3H3. The van der Waals surface area contributed by atoms with E-state index in [2.05, 4.69) is 67.0 Å². The van der Waals surface area contributed by atoms with Crippen molar-refractivity contribution in [3.05, 3.63) is 70.1 Å². The molecule has 3 aliphatic carbocycles. The van der Waals surface area contributed by atoms with Crippen LogP contribution >= 0.6 is 0 Å². The molecule has 11 aliphatic heterocycles. The van der Waals surface area contributed by atoms with Gasteiger partial charge in [-0.25, -0.2) is 4.79 Å². The number of ether oxygens (including phenoxy) is 2. The molecule has 5 fully saturated rings. The number of hydrogen-bond acceptors (Lipinski definition) is 7. The molecular weight excluding hydrogens is 622 g/mol. The molecule has 2 N–H and O–H groups in total. The van der Waals surface area contributed by atoms with Crippen LogP contribution in [-0.4, -0.2) is 60.0 Å². The Morgan fingerprint density at radius 3 is 2.80 bits per heavy atom. The van der Waals surface area contributed by atoms with Crippen LogP contribution in [-0.2, 0) is 26.3 Å². The smallest absolute Gasteiger partial charge is 0.339 e. The highest BCUT2D eigenvalue weighted by Crippen LogP contribution is 2.84. The summed E-state index contributed by atoms with van der Waals surface area (Å²) in [7, 11) is 0. The molecule has 50 heavy (non-hydrogen) atoms. The lowest BCUT2D eigenvalue weighted by atomic mass is 9.31. The van der Waals surface area contributed by atoms with Crippen molar-refractivity contribution in [1.82, 2.24) is 9.80 Å². The zero-order chi connectivity index (χ0) is 34.2. The van der Waals surface area contributed by atoms with Gasteiger partial charge in [-0.3, -0.25) is 9.69 Å². The highest BCUT2D eigenvalue weighted by atomic mass is 16.6. The van der Waals surface area contributed by atoms with E-state index in [9.17, 15) is 4.79 Å². The first-order chi connectivity index (χ1) is 24.3. The second-order valence-electron chi connectivity index (χ2n) is 17.9. The molecule has 1 saturated carbocycles. The van der Waals surface area contributed by atoms with Gasteiger partial charge in [0.05, 0.1) is 11.0 Å². The van der Waals surface area contributed by atoms with Crippen molar-refractivity contribution in [3.8, 4) is 0 Å². The van der Waals surface area contributed by atoms with Crippen LogP contribution in [0.5, 0.6) is 0 Å². The van der Waals surface area contributed by atoms with Crippen LogP contribution in [0.3, 0.4) is 0 Å². The fraction of sp³-hybridized carbons (Fsp3) is 0.674. The average Bonchev–Trinajstić information content (AvgIpc) is 3.55. The molecule has 12 atom stereocenters. The number of rotatable bonds is 5. The number of hydrogen-bond donors (Lipinski definition) is 1. The molecule has 0 aromatic heterocycles. The minimum Gasteiger partial charge on any atom is -0.449 e. The Morgan fingerprint density at radius 1 is 1.08 bits per heavy atom. The summed E-state index contributed by atoms with van der Waals surface area (Å²) in [5.41, 5.74) is 9.12. The summed E-state index contributed by atoms with van der Waals surface area (Å²) in [6.45, 7) is 11.1. The van der Waals surface area contributed by atoms with E-state index in [1.165, 1.54) is 24.1 Å². The van der Waals surface area contributed by atoms with Crippen molar-refractivity contribution >= 4 is 11.9 Å². The Morgan fingerprint density at radius 2 is 1.96 bits per heavy atom. The first-order valence-corrected chi connectivity index (χ1v) is 20.2. The van der Waals surface area contributed by atoms with Gasteiger partial charge in [0, 0.05) is 54.8 Å². The van der Waals surface area contributed by atoms with Crippen molar-refractivity contribution in [3.63, 3.8) is 0 Å². The van der Waals surface area contributed by atoms with Crippen LogP contribution in [0.4, 0.5) is 0 Å². The number of nitrogens with zero attached hydrogens (tertiary/aromatic N) is 2. The normalized spacial score (nSPS) is 44.8. The van der Waals surface area contributed by atoms with Crippen molar-refractivity contribution in [1.29, 1.82) is 0 Å². The summed E-state index contributed by atoms with van der Waals surface area (Å²) < 4.78 is 13.7. The second-order valence-corrected chi connectivity index (χ2v) is 17.9. The quantitative estimate of drug-likeness (QED) is 0.269. The van der Waals surface area contributed by atoms with E-state index in [1.807, 2.05) is 0 Å². The highest BCUT2D eigenvalue weighted by Gasteiger charge is 2.91. The van der Waals surface area contributed by atoms with Gasteiger partial charge >= 0.3 is 11.9 Å². The first-order valence-electron chi connectivity index (χ1n) is 20.2. The third-order valence-corrected chi connectivity index (χ3v) is 15.6.